The predicted octanol–water partition coefficient (Wildman–Crippen LogP) is 5.25. The number of carbonyl (C=O) groups is 3. The highest BCUT2D eigenvalue weighted by molar-refractivity contribution is 9.10. The second kappa shape index (κ2) is 12.4. The van der Waals surface area contributed by atoms with Gasteiger partial charge in [-0.15, -0.1) is 0 Å². The van der Waals surface area contributed by atoms with Gasteiger partial charge >= 0.3 is 5.97 Å². The molecular formula is C32H40BrFN2O6Si. The number of methoxy groups -OCH3 is 1. The van der Waals surface area contributed by atoms with Gasteiger partial charge in [0.1, 0.15) is 0 Å². The molecule has 1 N–H and O–H groups in total. The van der Waals surface area contributed by atoms with E-state index in [1.165, 1.54) is 7.11 Å². The minimum Gasteiger partial charge on any atom is -0.469 e. The summed E-state index contributed by atoms with van der Waals surface area (Å²) in [6.45, 7) is 5.67. The van der Waals surface area contributed by atoms with Crippen LogP contribution in [0, 0.1) is 5.92 Å². The summed E-state index contributed by atoms with van der Waals surface area (Å²) in [6.07, 6.45) is 1.05. The van der Waals surface area contributed by atoms with Gasteiger partial charge in [0.2, 0.25) is 14.3 Å². The number of halogens is 2. The first-order valence-electron chi connectivity index (χ1n) is 14.9. The van der Waals surface area contributed by atoms with Gasteiger partial charge in [0, 0.05) is 41.0 Å². The molecule has 5 atom stereocenters. The molecule has 11 heteroatoms. The number of fused-ring (bicyclic) bond motifs is 3. The van der Waals surface area contributed by atoms with E-state index in [0.29, 0.717) is 43.6 Å². The molecule has 2 amide bonds. The lowest BCUT2D eigenvalue weighted by Gasteiger charge is -2.37. The number of ether oxygens (including phenoxy) is 2. The average molecular weight is 676 g/mol. The molecule has 8 nitrogen and oxygen atoms in total. The maximum Gasteiger partial charge on any atom is 0.305 e. The number of unbranched alkanes of at least 4 members (excludes halogenated alkanes) is 1. The molecule has 2 aromatic rings. The third-order valence-corrected chi connectivity index (χ3v) is 12.4. The third-order valence-electron chi connectivity index (χ3n) is 9.43. The molecule has 3 aliphatic heterocycles. The second-order valence-corrected chi connectivity index (χ2v) is 17.2. The van der Waals surface area contributed by atoms with E-state index in [2.05, 4.69) is 15.9 Å². The van der Waals surface area contributed by atoms with Crippen molar-refractivity contribution in [1.29, 1.82) is 0 Å². The Bertz CT molecular complexity index is 1400. The quantitative estimate of drug-likeness (QED) is 0.169. The summed E-state index contributed by atoms with van der Waals surface area (Å²) >= 11 is 3.55. The number of esters is 1. The van der Waals surface area contributed by atoms with Crippen LogP contribution in [0.25, 0.3) is 0 Å². The first-order chi connectivity index (χ1) is 20.4. The summed E-state index contributed by atoms with van der Waals surface area (Å²) < 4.78 is 28.5. The zero-order chi connectivity index (χ0) is 31.1. The van der Waals surface area contributed by atoms with Crippen molar-refractivity contribution in [3.63, 3.8) is 0 Å². The van der Waals surface area contributed by atoms with Crippen molar-refractivity contribution in [3.05, 3.63) is 63.6 Å². The van der Waals surface area contributed by atoms with Crippen LogP contribution in [-0.2, 0) is 42.4 Å². The number of amides is 2. The number of hydrogen-bond donors (Lipinski definition) is 1. The molecule has 0 radical (unpaired) electrons. The first kappa shape index (κ1) is 31.8. The van der Waals surface area contributed by atoms with Crippen molar-refractivity contribution in [2.75, 3.05) is 25.2 Å². The van der Waals surface area contributed by atoms with Gasteiger partial charge in [-0.1, -0.05) is 47.1 Å². The zero-order valence-corrected chi connectivity index (χ0v) is 27.7. The van der Waals surface area contributed by atoms with E-state index < -0.39 is 31.6 Å². The van der Waals surface area contributed by atoms with Gasteiger partial charge in [-0.3, -0.25) is 14.4 Å². The molecule has 0 bridgehead atoms. The zero-order valence-electron chi connectivity index (χ0n) is 25.1. The number of benzene rings is 2. The van der Waals surface area contributed by atoms with E-state index in [0.717, 1.165) is 15.6 Å². The second-order valence-electron chi connectivity index (χ2n) is 12.5. The van der Waals surface area contributed by atoms with Crippen LogP contribution in [0.3, 0.4) is 0 Å². The summed E-state index contributed by atoms with van der Waals surface area (Å²) in [6, 6.07) is 13.1. The van der Waals surface area contributed by atoms with E-state index in [4.69, 9.17) is 9.47 Å². The Kier molecular flexibility index (Phi) is 9.19. The first-order valence-corrected chi connectivity index (χ1v) is 18.7. The van der Waals surface area contributed by atoms with E-state index in [-0.39, 0.29) is 43.3 Å². The topological polar surface area (TPSA) is 96.4 Å². The number of aliphatic hydroxyl groups is 1. The molecular weight excluding hydrogens is 635 g/mol. The molecule has 43 heavy (non-hydrogen) atoms. The van der Waals surface area contributed by atoms with Crippen LogP contribution in [0.15, 0.2) is 46.9 Å². The van der Waals surface area contributed by atoms with Crippen molar-refractivity contribution in [2.45, 2.75) is 82.0 Å². The maximum absolute atomic E-state index is 16.2. The Balaban J connectivity index is 1.45. The predicted molar refractivity (Wildman–Crippen MR) is 167 cm³/mol. The monoisotopic (exact) mass is 674 g/mol. The van der Waals surface area contributed by atoms with Gasteiger partial charge < -0.3 is 28.5 Å². The van der Waals surface area contributed by atoms with Crippen molar-refractivity contribution < 1.29 is 33.1 Å². The standard InChI is InChI=1S/C32H40BrFN2O6Si/c1-20-30(43(3,4)34)27(17-28(38)36-18-22-10-6-5-9-21(22)15-24(36)19-37)42-32(20)25-16-23(33)12-13-26(25)35(31(32)40)14-8-7-11-29(39)41-2/h5-6,9-10,12-13,16,20,24,27,30,37H,7-8,11,14-15,17-19H2,1-4H3/t20-,24+,27+,30-,32+/m1/s1. The lowest BCUT2D eigenvalue weighted by Crippen LogP contribution is -2.48. The van der Waals surface area contributed by atoms with Crippen LogP contribution >= 0.6 is 15.9 Å². The number of carbonyl (C=O) groups excluding carboxylic acids is 3. The van der Waals surface area contributed by atoms with Crippen molar-refractivity contribution >= 4 is 47.8 Å². The van der Waals surface area contributed by atoms with Crippen LogP contribution in [0.2, 0.25) is 18.6 Å². The van der Waals surface area contributed by atoms with E-state index >= 15 is 4.11 Å². The molecule has 0 aromatic heterocycles. The number of anilines is 1. The lowest BCUT2D eigenvalue weighted by molar-refractivity contribution is -0.151. The molecule has 0 aliphatic carbocycles. The highest BCUT2D eigenvalue weighted by Crippen LogP contribution is 2.60. The fraction of sp³-hybridized carbons (Fsp3) is 0.531. The van der Waals surface area contributed by atoms with E-state index in [9.17, 15) is 19.5 Å². The summed E-state index contributed by atoms with van der Waals surface area (Å²) in [5, 5.41) is 10.2. The van der Waals surface area contributed by atoms with E-state index in [1.807, 2.05) is 49.4 Å². The normalized spacial score (nSPS) is 26.5. The maximum atomic E-state index is 16.2. The van der Waals surface area contributed by atoms with E-state index in [1.54, 1.807) is 22.9 Å². The minimum atomic E-state index is -3.46. The Morgan fingerprint density at radius 2 is 1.91 bits per heavy atom. The van der Waals surface area contributed by atoms with Crippen molar-refractivity contribution in [3.8, 4) is 0 Å². The summed E-state index contributed by atoms with van der Waals surface area (Å²) in [7, 11) is -2.11. The van der Waals surface area contributed by atoms with Gasteiger partial charge in [0.05, 0.1) is 38.0 Å². The van der Waals surface area contributed by atoms with Gasteiger partial charge in [-0.05, 0) is 61.7 Å². The van der Waals surface area contributed by atoms with Gasteiger partial charge in [-0.2, -0.15) is 0 Å². The van der Waals surface area contributed by atoms with Crippen LogP contribution < -0.4 is 4.90 Å². The molecule has 3 heterocycles. The van der Waals surface area contributed by atoms with Crippen LogP contribution in [0.1, 0.15) is 49.3 Å². The summed E-state index contributed by atoms with van der Waals surface area (Å²) in [5.41, 5.74) is 1.47. The van der Waals surface area contributed by atoms with Crippen molar-refractivity contribution in [2.24, 2.45) is 5.92 Å². The molecule has 0 saturated carbocycles. The Morgan fingerprint density at radius 1 is 1.19 bits per heavy atom. The number of rotatable bonds is 9. The fourth-order valence-corrected chi connectivity index (χ4v) is 10.3. The molecule has 1 spiro atoms. The highest BCUT2D eigenvalue weighted by atomic mass is 79.9. The highest BCUT2D eigenvalue weighted by Gasteiger charge is 2.67. The molecule has 3 aliphatic rings. The van der Waals surface area contributed by atoms with Gasteiger partial charge in [0.25, 0.3) is 5.91 Å². The number of nitrogens with zero attached hydrogens (tertiary/aromatic N) is 2. The molecule has 1 saturated heterocycles. The molecule has 5 rings (SSSR count). The molecule has 2 aromatic carbocycles. The summed E-state index contributed by atoms with van der Waals surface area (Å²) in [5.74, 6) is -1.30. The largest absolute Gasteiger partial charge is 0.469 e. The third kappa shape index (κ3) is 5.81. The Labute approximate surface area is 261 Å². The minimum absolute atomic E-state index is 0.0779. The summed E-state index contributed by atoms with van der Waals surface area (Å²) in [4.78, 5) is 43.3. The van der Waals surface area contributed by atoms with Crippen LogP contribution in [0.5, 0.6) is 0 Å². The van der Waals surface area contributed by atoms with Crippen LogP contribution in [-0.4, -0.2) is 68.6 Å². The molecule has 1 fully saturated rings. The van der Waals surface area contributed by atoms with Gasteiger partial charge in [-0.25, -0.2) is 0 Å². The fourth-order valence-electron chi connectivity index (χ4n) is 7.41. The number of hydrogen-bond acceptors (Lipinski definition) is 6. The van der Waals surface area contributed by atoms with Crippen molar-refractivity contribution in [1.82, 2.24) is 4.90 Å². The Morgan fingerprint density at radius 3 is 2.58 bits per heavy atom. The smallest absolute Gasteiger partial charge is 0.305 e. The van der Waals surface area contributed by atoms with Gasteiger partial charge in [0.15, 0.2) is 5.60 Å². The lowest BCUT2D eigenvalue weighted by atomic mass is 9.82. The molecule has 0 unspecified atom stereocenters. The number of aliphatic hydroxyl groups excluding tert-OH is 1. The average Bonchev–Trinajstić information content (AvgIpc) is 3.40. The van der Waals surface area contributed by atoms with Crippen LogP contribution in [0.4, 0.5) is 9.80 Å². The molecule has 232 valence electrons. The Hall–Kier alpha value is -2.60. The SMILES string of the molecule is COC(=O)CCCCN1C(=O)[C@@]2(O[C@@H](CC(=O)N3Cc4ccccc4C[C@H]3CO)[C@H]([Si](C)(C)F)[C@H]2C)c2cc(Br)ccc21.